The van der Waals surface area contributed by atoms with Gasteiger partial charge in [0.15, 0.2) is 23.2 Å². The Balaban J connectivity index is 1.60. The Labute approximate surface area is 236 Å². The van der Waals surface area contributed by atoms with Crippen molar-refractivity contribution in [3.05, 3.63) is 52.7 Å². The van der Waals surface area contributed by atoms with Gasteiger partial charge in [-0.15, -0.1) is 0 Å². The maximum atomic E-state index is 13.8. The fourth-order valence-electron chi connectivity index (χ4n) is 5.71. The summed E-state index contributed by atoms with van der Waals surface area (Å²) in [6.07, 6.45) is 2.94. The van der Waals surface area contributed by atoms with Gasteiger partial charge in [-0.2, -0.15) is 0 Å². The molecule has 9 heteroatoms. The van der Waals surface area contributed by atoms with Gasteiger partial charge in [-0.05, 0) is 68.7 Å². The third kappa shape index (κ3) is 7.69. The van der Waals surface area contributed by atoms with E-state index in [1.165, 1.54) is 13.0 Å². The number of amides is 1. The smallest absolute Gasteiger partial charge is 0.217 e. The van der Waals surface area contributed by atoms with Crippen molar-refractivity contribution in [1.29, 1.82) is 0 Å². The van der Waals surface area contributed by atoms with Crippen LogP contribution in [0.1, 0.15) is 83.7 Å². The van der Waals surface area contributed by atoms with Crippen molar-refractivity contribution >= 4 is 11.7 Å². The molecule has 0 saturated carbocycles. The van der Waals surface area contributed by atoms with Crippen LogP contribution in [0, 0.1) is 17.0 Å². The molecule has 1 fully saturated rings. The molecule has 1 saturated heterocycles. The Kier molecular flexibility index (Phi) is 9.05. The van der Waals surface area contributed by atoms with Crippen molar-refractivity contribution < 1.29 is 23.4 Å². The van der Waals surface area contributed by atoms with E-state index in [-0.39, 0.29) is 30.3 Å². The number of nitrogens with one attached hydrogen (secondary N) is 2. The first-order valence-electron chi connectivity index (χ1n) is 14.3. The van der Waals surface area contributed by atoms with Crippen molar-refractivity contribution in [2.75, 3.05) is 24.5 Å². The zero-order valence-corrected chi connectivity index (χ0v) is 24.6. The number of hydrogen-bond acceptors (Lipinski definition) is 6. The third-order valence-electron chi connectivity index (χ3n) is 7.47. The number of ether oxygens (including phenoxy) is 1. The number of aliphatic hydroxyl groups excluding tert-OH is 1. The zero-order chi connectivity index (χ0) is 29.2. The minimum atomic E-state index is -0.972. The van der Waals surface area contributed by atoms with Gasteiger partial charge in [0, 0.05) is 50.3 Å². The number of aromatic nitrogens is 1. The lowest BCUT2D eigenvalue weighted by Gasteiger charge is -2.40. The molecule has 0 unspecified atom stereocenters. The molecule has 0 radical (unpaired) electrons. The minimum absolute atomic E-state index is 0.0584. The second-order valence-corrected chi connectivity index (χ2v) is 13.1. The summed E-state index contributed by atoms with van der Waals surface area (Å²) >= 11 is 0. The van der Waals surface area contributed by atoms with Crippen LogP contribution in [0.5, 0.6) is 5.75 Å². The fourth-order valence-corrected chi connectivity index (χ4v) is 5.71. The van der Waals surface area contributed by atoms with Crippen molar-refractivity contribution in [2.45, 2.75) is 97.4 Å². The van der Waals surface area contributed by atoms with Gasteiger partial charge in [-0.1, -0.05) is 26.8 Å². The van der Waals surface area contributed by atoms with E-state index in [0.717, 1.165) is 67.3 Å². The molecule has 2 aliphatic heterocycles. The number of rotatable bonds is 9. The predicted octanol–water partition coefficient (Wildman–Crippen LogP) is 4.85. The van der Waals surface area contributed by atoms with Crippen molar-refractivity contribution in [3.8, 4) is 5.75 Å². The van der Waals surface area contributed by atoms with Crippen LogP contribution >= 0.6 is 0 Å². The molecule has 1 amide bonds. The Morgan fingerprint density at radius 2 is 1.90 bits per heavy atom. The summed E-state index contributed by atoms with van der Waals surface area (Å²) in [7, 11) is 0. The Morgan fingerprint density at radius 3 is 2.52 bits per heavy atom. The number of anilines is 1. The van der Waals surface area contributed by atoms with Crippen LogP contribution in [-0.2, 0) is 17.6 Å². The van der Waals surface area contributed by atoms with Crippen LogP contribution in [0.4, 0.5) is 14.6 Å². The topological polar surface area (TPSA) is 86.7 Å². The summed E-state index contributed by atoms with van der Waals surface area (Å²) in [5, 5.41) is 17.5. The number of nitrogens with zero attached hydrogens (tertiary/aromatic N) is 2. The lowest BCUT2D eigenvalue weighted by Crippen LogP contribution is -2.49. The van der Waals surface area contributed by atoms with Gasteiger partial charge in [0.05, 0.1) is 12.1 Å². The highest BCUT2D eigenvalue weighted by atomic mass is 19.2. The van der Waals surface area contributed by atoms with Crippen LogP contribution in [0.15, 0.2) is 24.3 Å². The van der Waals surface area contributed by atoms with Crippen molar-refractivity contribution in [3.63, 3.8) is 0 Å². The average molecular weight is 559 g/mol. The number of aliphatic hydroxyl groups is 1. The van der Waals surface area contributed by atoms with Crippen LogP contribution in [0.3, 0.4) is 0 Å². The highest BCUT2D eigenvalue weighted by Gasteiger charge is 2.38. The van der Waals surface area contributed by atoms with Crippen LogP contribution in [0.2, 0.25) is 0 Å². The molecule has 220 valence electrons. The predicted molar refractivity (Wildman–Crippen MR) is 153 cm³/mol. The average Bonchev–Trinajstić information content (AvgIpc) is 3.37. The van der Waals surface area contributed by atoms with Gasteiger partial charge >= 0.3 is 0 Å². The first-order valence-corrected chi connectivity index (χ1v) is 14.3. The number of hydrogen-bond donors (Lipinski definition) is 3. The maximum absolute atomic E-state index is 13.8. The third-order valence-corrected chi connectivity index (χ3v) is 7.47. The molecular formula is C31H44F2N4O3. The number of fused-ring (bicyclic) bond motifs is 1. The lowest BCUT2D eigenvalue weighted by molar-refractivity contribution is -0.120. The molecule has 0 bridgehead atoms. The normalized spacial score (nSPS) is 20.0. The SMILES string of the molecule is CC(=O)N[C@@H](Cc1ccc(F)c(F)c1)[C@@H](O)CN[C@H]1CC(C)(C)Oc2c1cc(CC(C)(C)C)nc2N1CCCC1. The summed E-state index contributed by atoms with van der Waals surface area (Å²) in [6, 6.07) is 4.96. The summed E-state index contributed by atoms with van der Waals surface area (Å²) < 4.78 is 33.8. The van der Waals surface area contributed by atoms with Gasteiger partial charge in [-0.25, -0.2) is 13.8 Å². The fraction of sp³-hybridized carbons (Fsp3) is 0.613. The lowest BCUT2D eigenvalue weighted by atomic mass is 9.86. The highest BCUT2D eigenvalue weighted by molar-refractivity contribution is 5.73. The van der Waals surface area contributed by atoms with E-state index in [9.17, 15) is 18.7 Å². The van der Waals surface area contributed by atoms with Crippen LogP contribution in [0.25, 0.3) is 0 Å². The Bertz CT molecular complexity index is 1210. The highest BCUT2D eigenvalue weighted by Crippen LogP contribution is 2.45. The monoisotopic (exact) mass is 558 g/mol. The summed E-state index contributed by atoms with van der Waals surface area (Å²) in [6.45, 7) is 14.2. The van der Waals surface area contributed by atoms with Gasteiger partial charge < -0.3 is 25.4 Å². The van der Waals surface area contributed by atoms with Gasteiger partial charge in [0.1, 0.15) is 5.60 Å². The van der Waals surface area contributed by atoms with E-state index in [2.05, 4.69) is 56.2 Å². The molecular weight excluding hydrogens is 514 g/mol. The molecule has 1 aromatic heterocycles. The Hall–Kier alpha value is -2.78. The van der Waals surface area contributed by atoms with Crippen LogP contribution < -0.4 is 20.3 Å². The number of halogens is 2. The first kappa shape index (κ1) is 30.2. The molecule has 2 aromatic rings. The molecule has 1 aromatic carbocycles. The second kappa shape index (κ2) is 12.0. The van der Waals surface area contributed by atoms with Crippen molar-refractivity contribution in [2.24, 2.45) is 5.41 Å². The molecule has 3 heterocycles. The standard InChI is InChI=1S/C31H44F2N4O3/c1-19(38)35-25(14-20-9-10-23(32)24(33)13-20)27(39)18-34-26-17-31(5,6)40-28-22(26)15-21(16-30(2,3)4)36-29(28)37-11-7-8-12-37/h9-10,13,15,25-27,34,39H,7-8,11-12,14,16-18H2,1-6H3,(H,35,38)/t25-,26-,27-/m0/s1. The molecule has 3 N–H and O–H groups in total. The van der Waals surface area contributed by atoms with Gasteiger partial charge in [-0.3, -0.25) is 4.79 Å². The quantitative estimate of drug-likeness (QED) is 0.408. The summed E-state index contributed by atoms with van der Waals surface area (Å²) in [4.78, 5) is 19.3. The molecule has 4 rings (SSSR count). The first-order chi connectivity index (χ1) is 18.7. The summed E-state index contributed by atoms with van der Waals surface area (Å²) in [5.41, 5.74) is 2.13. The van der Waals surface area contributed by atoms with E-state index < -0.39 is 29.4 Å². The van der Waals surface area contributed by atoms with E-state index in [0.29, 0.717) is 12.0 Å². The number of carbonyl (C=O) groups is 1. The molecule has 3 atom stereocenters. The molecule has 0 spiro atoms. The van der Waals surface area contributed by atoms with E-state index >= 15 is 0 Å². The number of benzene rings is 1. The minimum Gasteiger partial charge on any atom is -0.484 e. The molecule has 2 aliphatic rings. The molecule has 40 heavy (non-hydrogen) atoms. The van der Waals surface area contributed by atoms with Gasteiger partial charge in [0.2, 0.25) is 5.91 Å². The largest absolute Gasteiger partial charge is 0.484 e. The second-order valence-electron chi connectivity index (χ2n) is 13.1. The number of pyridine rings is 1. The Morgan fingerprint density at radius 1 is 1.20 bits per heavy atom. The van der Waals surface area contributed by atoms with E-state index in [1.807, 2.05) is 0 Å². The van der Waals surface area contributed by atoms with Crippen molar-refractivity contribution in [1.82, 2.24) is 15.6 Å². The molecule has 0 aliphatic carbocycles. The van der Waals surface area contributed by atoms with Gasteiger partial charge in [0.25, 0.3) is 0 Å². The molecule has 7 nitrogen and oxygen atoms in total. The zero-order valence-electron chi connectivity index (χ0n) is 24.6. The van der Waals surface area contributed by atoms with E-state index in [4.69, 9.17) is 9.72 Å². The number of carbonyl (C=O) groups excluding carboxylic acids is 1. The van der Waals surface area contributed by atoms with Crippen LogP contribution in [-0.4, -0.2) is 53.4 Å². The summed E-state index contributed by atoms with van der Waals surface area (Å²) in [5.74, 6) is -0.512. The van der Waals surface area contributed by atoms with E-state index in [1.54, 1.807) is 0 Å². The maximum Gasteiger partial charge on any atom is 0.217 e.